The van der Waals surface area contributed by atoms with Crippen molar-refractivity contribution in [1.29, 1.82) is 0 Å². The monoisotopic (exact) mass is 495 g/mol. The fourth-order valence-corrected chi connectivity index (χ4v) is 7.15. The van der Waals surface area contributed by atoms with E-state index in [0.717, 1.165) is 47.0 Å². The van der Waals surface area contributed by atoms with Crippen LogP contribution in [0.1, 0.15) is 29.9 Å². The van der Waals surface area contributed by atoms with Crippen LogP contribution in [0, 0.1) is 5.82 Å². The van der Waals surface area contributed by atoms with E-state index in [1.54, 1.807) is 19.2 Å². The van der Waals surface area contributed by atoms with E-state index >= 15 is 0 Å². The minimum absolute atomic E-state index is 0.0482. The lowest BCUT2D eigenvalue weighted by Crippen LogP contribution is -2.61. The summed E-state index contributed by atoms with van der Waals surface area (Å²) >= 11 is 0. The number of methoxy groups -OCH3 is 1. The second kappa shape index (κ2) is 11.7. The molecule has 3 aromatic rings. The third-order valence-corrected chi connectivity index (χ3v) is 9.27. The number of fused-ring (bicyclic) bond motifs is 1. The first-order valence-electron chi connectivity index (χ1n) is 12.6. The number of halogens is 1. The van der Waals surface area contributed by atoms with Gasteiger partial charge in [-0.2, -0.15) is 0 Å². The Balaban J connectivity index is 1.52. The Morgan fingerprint density at radius 1 is 1.00 bits per heavy atom. The molecule has 3 unspecified atom stereocenters. The van der Waals surface area contributed by atoms with Gasteiger partial charge in [-0.15, -0.1) is 0 Å². The zero-order valence-electron chi connectivity index (χ0n) is 21.4. The molecule has 188 valence electrons. The van der Waals surface area contributed by atoms with Crippen LogP contribution >= 0.6 is 0 Å². The van der Waals surface area contributed by atoms with Crippen molar-refractivity contribution >= 4 is 18.8 Å². The van der Waals surface area contributed by atoms with Gasteiger partial charge in [0.15, 0.2) is 0 Å². The van der Waals surface area contributed by atoms with Crippen molar-refractivity contribution in [3.05, 3.63) is 77.6 Å². The van der Waals surface area contributed by atoms with Crippen LogP contribution in [0.25, 0.3) is 10.8 Å². The molecule has 35 heavy (non-hydrogen) atoms. The van der Waals surface area contributed by atoms with Gasteiger partial charge in [-0.05, 0) is 53.7 Å². The summed E-state index contributed by atoms with van der Waals surface area (Å²) in [7, 11) is 0.158. The van der Waals surface area contributed by atoms with Crippen molar-refractivity contribution in [3.8, 4) is 5.75 Å². The van der Waals surface area contributed by atoms with Crippen LogP contribution in [0.3, 0.4) is 0 Å². The lowest BCUT2D eigenvalue weighted by Gasteiger charge is -2.44. The highest BCUT2D eigenvalue weighted by Crippen LogP contribution is 2.35. The molecular weight excluding hydrogens is 457 g/mol. The van der Waals surface area contributed by atoms with Crippen molar-refractivity contribution in [2.75, 3.05) is 26.9 Å². The van der Waals surface area contributed by atoms with Gasteiger partial charge in [0.1, 0.15) is 11.6 Å². The van der Waals surface area contributed by atoms with Gasteiger partial charge < -0.3 is 19.5 Å². The summed E-state index contributed by atoms with van der Waals surface area (Å²) in [5.74, 6) is 0.957. The molecule has 1 saturated heterocycles. The second-order valence-corrected chi connectivity index (χ2v) is 15.9. The molecule has 0 radical (unpaired) electrons. The Morgan fingerprint density at radius 3 is 2.54 bits per heavy atom. The minimum Gasteiger partial charge on any atom is -0.493 e. The zero-order valence-corrected chi connectivity index (χ0v) is 22.4. The summed E-state index contributed by atoms with van der Waals surface area (Å²) in [6.07, 6.45) is 1.90. The SMILES string of the molecule is COCCCOc1cccc2cc(COC3C(c4ccc(F)cc4)CCNC3[Si](C)(C)C)ccc12. The molecule has 0 saturated carbocycles. The van der Waals surface area contributed by atoms with Gasteiger partial charge in [0.25, 0.3) is 0 Å². The Bertz CT molecular complexity index is 1100. The Morgan fingerprint density at radius 2 is 1.80 bits per heavy atom. The molecule has 1 N–H and O–H groups in total. The van der Waals surface area contributed by atoms with Gasteiger partial charge in [0.05, 0.1) is 27.4 Å². The van der Waals surface area contributed by atoms with Gasteiger partial charge in [-0.25, -0.2) is 4.39 Å². The zero-order chi connectivity index (χ0) is 24.8. The molecule has 0 aromatic heterocycles. The number of hydrogen-bond donors (Lipinski definition) is 1. The van der Waals surface area contributed by atoms with Crippen LogP contribution in [-0.4, -0.2) is 46.7 Å². The number of hydrogen-bond acceptors (Lipinski definition) is 4. The van der Waals surface area contributed by atoms with Crippen LogP contribution < -0.4 is 10.1 Å². The molecule has 1 heterocycles. The topological polar surface area (TPSA) is 39.7 Å². The summed E-state index contributed by atoms with van der Waals surface area (Å²) in [4.78, 5) is 0. The van der Waals surface area contributed by atoms with E-state index in [9.17, 15) is 4.39 Å². The number of piperidine rings is 1. The summed E-state index contributed by atoms with van der Waals surface area (Å²) in [5.41, 5.74) is 2.64. The lowest BCUT2D eigenvalue weighted by atomic mass is 9.87. The van der Waals surface area contributed by atoms with E-state index in [2.05, 4.69) is 49.2 Å². The standard InChI is InChI=1S/C29H38FNO3Si/c1-32-17-6-18-33-27-8-5-7-23-19-21(9-14-25(23)27)20-34-28-26(22-10-12-24(30)13-11-22)15-16-31-29(28)35(2,3)4/h5,7-14,19,26,28-29,31H,6,15-18,20H2,1-4H3. The van der Waals surface area contributed by atoms with E-state index in [1.165, 1.54) is 0 Å². The molecule has 1 aliphatic rings. The maximum atomic E-state index is 13.6. The van der Waals surface area contributed by atoms with Gasteiger partial charge in [0.2, 0.25) is 0 Å². The Kier molecular flexibility index (Phi) is 8.60. The van der Waals surface area contributed by atoms with Gasteiger partial charge in [-0.1, -0.05) is 56.0 Å². The largest absolute Gasteiger partial charge is 0.493 e. The summed E-state index contributed by atoms with van der Waals surface area (Å²) in [6, 6.07) is 19.6. The average Bonchev–Trinajstić information content (AvgIpc) is 2.85. The number of nitrogens with one attached hydrogen (secondary N) is 1. The highest BCUT2D eigenvalue weighted by Gasteiger charge is 2.41. The van der Waals surface area contributed by atoms with Crippen LogP contribution in [0.2, 0.25) is 19.6 Å². The molecule has 0 spiro atoms. The molecule has 3 atom stereocenters. The van der Waals surface area contributed by atoms with Gasteiger partial charge in [-0.3, -0.25) is 0 Å². The number of ether oxygens (including phenoxy) is 3. The predicted octanol–water partition coefficient (Wildman–Crippen LogP) is 6.30. The minimum atomic E-state index is -1.55. The van der Waals surface area contributed by atoms with Gasteiger partial charge >= 0.3 is 0 Å². The molecular formula is C29H38FNO3Si. The smallest absolute Gasteiger partial charge is 0.127 e. The fourth-order valence-electron chi connectivity index (χ4n) is 5.08. The molecule has 4 nitrogen and oxygen atoms in total. The second-order valence-electron chi connectivity index (χ2n) is 10.5. The first kappa shape index (κ1) is 25.8. The third-order valence-electron chi connectivity index (χ3n) is 6.87. The highest BCUT2D eigenvalue weighted by molar-refractivity contribution is 6.77. The maximum absolute atomic E-state index is 13.6. The summed E-state index contributed by atoms with van der Waals surface area (Å²) in [5, 5.41) is 6.02. The first-order chi connectivity index (χ1) is 16.9. The molecule has 1 aliphatic heterocycles. The molecule has 6 heteroatoms. The molecule has 1 fully saturated rings. The summed E-state index contributed by atoms with van der Waals surface area (Å²) in [6.45, 7) is 9.99. The fraction of sp³-hybridized carbons (Fsp3) is 0.448. The Hall–Kier alpha value is -2.25. The molecule has 3 aromatic carbocycles. The van der Waals surface area contributed by atoms with E-state index in [-0.39, 0.29) is 17.8 Å². The van der Waals surface area contributed by atoms with E-state index in [4.69, 9.17) is 14.2 Å². The van der Waals surface area contributed by atoms with Crippen LogP contribution in [0.4, 0.5) is 4.39 Å². The van der Waals surface area contributed by atoms with Crippen LogP contribution in [0.5, 0.6) is 5.75 Å². The number of benzene rings is 3. The van der Waals surface area contributed by atoms with Crippen LogP contribution in [-0.2, 0) is 16.1 Å². The highest BCUT2D eigenvalue weighted by atomic mass is 28.3. The van der Waals surface area contributed by atoms with Crippen molar-refractivity contribution in [3.63, 3.8) is 0 Å². The van der Waals surface area contributed by atoms with E-state index < -0.39 is 8.07 Å². The quantitative estimate of drug-likeness (QED) is 0.265. The normalized spacial score (nSPS) is 20.8. The van der Waals surface area contributed by atoms with Crippen molar-refractivity contribution in [2.24, 2.45) is 0 Å². The first-order valence-corrected chi connectivity index (χ1v) is 16.2. The predicted molar refractivity (Wildman–Crippen MR) is 143 cm³/mol. The maximum Gasteiger partial charge on any atom is 0.127 e. The van der Waals surface area contributed by atoms with E-state index in [1.807, 2.05) is 24.3 Å². The molecule has 0 bridgehead atoms. The number of rotatable bonds is 10. The van der Waals surface area contributed by atoms with Crippen molar-refractivity contribution in [2.45, 2.75) is 56.8 Å². The van der Waals surface area contributed by atoms with E-state index in [0.29, 0.717) is 25.5 Å². The average molecular weight is 496 g/mol. The van der Waals surface area contributed by atoms with Crippen LogP contribution in [0.15, 0.2) is 60.7 Å². The molecule has 0 aliphatic carbocycles. The third kappa shape index (κ3) is 6.50. The molecule has 4 rings (SSSR count). The van der Waals surface area contributed by atoms with Gasteiger partial charge in [0, 0.05) is 37.1 Å². The Labute approximate surface area is 209 Å². The van der Waals surface area contributed by atoms with Crippen molar-refractivity contribution < 1.29 is 18.6 Å². The molecule has 0 amide bonds. The lowest BCUT2D eigenvalue weighted by molar-refractivity contribution is -0.00140. The summed E-state index contributed by atoms with van der Waals surface area (Å²) < 4.78 is 31.4. The van der Waals surface area contributed by atoms with Crippen molar-refractivity contribution in [1.82, 2.24) is 5.32 Å².